The molecular formula is C9H14ClN5. The number of rotatable bonds is 1. The van der Waals surface area contributed by atoms with E-state index < -0.39 is 0 Å². The molecule has 1 aliphatic rings. The Morgan fingerprint density at radius 1 is 1.53 bits per heavy atom. The van der Waals surface area contributed by atoms with Crippen LogP contribution in [0.15, 0.2) is 6.20 Å². The minimum absolute atomic E-state index is 0. The number of piperidine rings is 1. The maximum Gasteiger partial charge on any atom is 0.140 e. The van der Waals surface area contributed by atoms with Gasteiger partial charge in [-0.1, -0.05) is 0 Å². The molecule has 3 N–H and O–H groups in total. The lowest BCUT2D eigenvalue weighted by molar-refractivity contribution is 0.347. The van der Waals surface area contributed by atoms with Gasteiger partial charge in [-0.05, 0) is 25.9 Å². The highest BCUT2D eigenvalue weighted by Crippen LogP contribution is 2.22. The number of nitriles is 1. The second kappa shape index (κ2) is 5.01. The summed E-state index contributed by atoms with van der Waals surface area (Å²) < 4.78 is 1.78. The molecule has 82 valence electrons. The van der Waals surface area contributed by atoms with E-state index in [1.54, 1.807) is 4.68 Å². The van der Waals surface area contributed by atoms with Gasteiger partial charge in [0, 0.05) is 0 Å². The molecular weight excluding hydrogens is 214 g/mol. The third kappa shape index (κ3) is 2.22. The highest BCUT2D eigenvalue weighted by atomic mass is 35.5. The zero-order chi connectivity index (χ0) is 9.97. The quantitative estimate of drug-likeness (QED) is 0.740. The van der Waals surface area contributed by atoms with Gasteiger partial charge >= 0.3 is 0 Å². The molecule has 0 atom stereocenters. The van der Waals surface area contributed by atoms with Crippen molar-refractivity contribution in [2.24, 2.45) is 0 Å². The molecule has 0 radical (unpaired) electrons. The van der Waals surface area contributed by atoms with Crippen LogP contribution in [-0.2, 0) is 0 Å². The van der Waals surface area contributed by atoms with Gasteiger partial charge in [0.1, 0.15) is 17.5 Å². The van der Waals surface area contributed by atoms with Gasteiger partial charge in [-0.15, -0.1) is 12.4 Å². The van der Waals surface area contributed by atoms with Crippen molar-refractivity contribution in [2.45, 2.75) is 18.9 Å². The molecule has 0 saturated carbocycles. The van der Waals surface area contributed by atoms with E-state index in [0.717, 1.165) is 25.9 Å². The van der Waals surface area contributed by atoms with Gasteiger partial charge in [0.25, 0.3) is 0 Å². The number of anilines is 1. The monoisotopic (exact) mass is 227 g/mol. The van der Waals surface area contributed by atoms with Crippen LogP contribution in [0.4, 0.5) is 5.82 Å². The highest BCUT2D eigenvalue weighted by molar-refractivity contribution is 5.85. The van der Waals surface area contributed by atoms with Crippen LogP contribution in [0.1, 0.15) is 24.4 Å². The first-order valence-electron chi connectivity index (χ1n) is 4.76. The fraction of sp³-hybridized carbons (Fsp3) is 0.556. The highest BCUT2D eigenvalue weighted by Gasteiger charge is 2.18. The SMILES string of the molecule is Cl.N#Cc1cnn(C2CCNCC2)c1N. The van der Waals surface area contributed by atoms with E-state index in [1.807, 2.05) is 6.07 Å². The van der Waals surface area contributed by atoms with Gasteiger partial charge in [0.15, 0.2) is 0 Å². The molecule has 15 heavy (non-hydrogen) atoms. The maximum atomic E-state index is 8.73. The Kier molecular flexibility index (Phi) is 3.95. The summed E-state index contributed by atoms with van der Waals surface area (Å²) in [6.45, 7) is 1.98. The van der Waals surface area contributed by atoms with Crippen LogP contribution in [0.5, 0.6) is 0 Å². The van der Waals surface area contributed by atoms with E-state index in [4.69, 9.17) is 11.0 Å². The first-order valence-corrected chi connectivity index (χ1v) is 4.76. The number of nitrogens with two attached hydrogens (primary N) is 1. The van der Waals surface area contributed by atoms with Crippen LogP contribution in [0, 0.1) is 11.3 Å². The Balaban J connectivity index is 0.00000112. The average molecular weight is 228 g/mol. The Hall–Kier alpha value is -1.25. The molecule has 2 rings (SSSR count). The largest absolute Gasteiger partial charge is 0.383 e. The molecule has 0 aromatic carbocycles. The van der Waals surface area contributed by atoms with Gasteiger partial charge < -0.3 is 11.1 Å². The topological polar surface area (TPSA) is 79.7 Å². The Bertz CT molecular complexity index is 361. The molecule has 0 unspecified atom stereocenters. The fourth-order valence-electron chi connectivity index (χ4n) is 1.80. The standard InChI is InChI=1S/C9H13N5.ClH/c10-5-7-6-13-14(9(7)11)8-1-3-12-4-2-8;/h6,8,12H,1-4,11H2;1H. The lowest BCUT2D eigenvalue weighted by atomic mass is 10.1. The summed E-state index contributed by atoms with van der Waals surface area (Å²) >= 11 is 0. The number of hydrogen-bond acceptors (Lipinski definition) is 4. The van der Waals surface area contributed by atoms with E-state index in [0.29, 0.717) is 17.4 Å². The molecule has 0 bridgehead atoms. The second-order valence-corrected chi connectivity index (χ2v) is 3.48. The van der Waals surface area contributed by atoms with E-state index in [1.165, 1.54) is 6.20 Å². The third-order valence-electron chi connectivity index (χ3n) is 2.61. The molecule has 1 fully saturated rings. The molecule has 2 heterocycles. The number of hydrogen-bond donors (Lipinski definition) is 2. The van der Waals surface area contributed by atoms with E-state index in [9.17, 15) is 0 Å². The minimum atomic E-state index is 0. The average Bonchev–Trinajstić information content (AvgIpc) is 2.61. The Morgan fingerprint density at radius 2 is 2.20 bits per heavy atom. The summed E-state index contributed by atoms with van der Waals surface area (Å²) in [6.07, 6.45) is 3.59. The van der Waals surface area contributed by atoms with E-state index in [2.05, 4.69) is 10.4 Å². The predicted molar refractivity (Wildman–Crippen MR) is 59.7 cm³/mol. The van der Waals surface area contributed by atoms with Crippen LogP contribution < -0.4 is 11.1 Å². The molecule has 1 aromatic heterocycles. The smallest absolute Gasteiger partial charge is 0.140 e. The van der Waals surface area contributed by atoms with Crippen molar-refractivity contribution in [3.63, 3.8) is 0 Å². The van der Waals surface area contributed by atoms with E-state index >= 15 is 0 Å². The molecule has 1 aliphatic heterocycles. The fourth-order valence-corrected chi connectivity index (χ4v) is 1.80. The first-order chi connectivity index (χ1) is 6.83. The maximum absolute atomic E-state index is 8.73. The molecule has 0 amide bonds. The Morgan fingerprint density at radius 3 is 2.73 bits per heavy atom. The van der Waals surface area contributed by atoms with Crippen LogP contribution in [0.3, 0.4) is 0 Å². The van der Waals surface area contributed by atoms with Gasteiger partial charge in [-0.3, -0.25) is 0 Å². The lowest BCUT2D eigenvalue weighted by Crippen LogP contribution is -2.30. The molecule has 0 spiro atoms. The number of halogens is 1. The van der Waals surface area contributed by atoms with E-state index in [-0.39, 0.29) is 12.4 Å². The van der Waals surface area contributed by atoms with Gasteiger partial charge in [-0.2, -0.15) is 10.4 Å². The summed E-state index contributed by atoms with van der Waals surface area (Å²) in [5, 5.41) is 16.2. The van der Waals surface area contributed by atoms with Crippen molar-refractivity contribution in [2.75, 3.05) is 18.8 Å². The number of nitrogens with one attached hydrogen (secondary N) is 1. The minimum Gasteiger partial charge on any atom is -0.383 e. The van der Waals surface area contributed by atoms with Gasteiger partial charge in [0.05, 0.1) is 12.2 Å². The van der Waals surface area contributed by atoms with Crippen molar-refractivity contribution in [3.05, 3.63) is 11.8 Å². The van der Waals surface area contributed by atoms with Crippen molar-refractivity contribution >= 4 is 18.2 Å². The summed E-state index contributed by atoms with van der Waals surface area (Å²) in [4.78, 5) is 0. The second-order valence-electron chi connectivity index (χ2n) is 3.48. The van der Waals surface area contributed by atoms with Crippen LogP contribution >= 0.6 is 12.4 Å². The third-order valence-corrected chi connectivity index (χ3v) is 2.61. The number of nitrogens with zero attached hydrogens (tertiary/aromatic N) is 3. The van der Waals surface area contributed by atoms with Crippen LogP contribution in [0.25, 0.3) is 0 Å². The summed E-state index contributed by atoms with van der Waals surface area (Å²) in [5.41, 5.74) is 6.28. The predicted octanol–water partition coefficient (Wildman–Crippen LogP) is 0.683. The molecule has 0 aliphatic carbocycles. The van der Waals surface area contributed by atoms with Crippen LogP contribution in [-0.4, -0.2) is 22.9 Å². The summed E-state index contributed by atoms with van der Waals surface area (Å²) in [6, 6.07) is 2.38. The van der Waals surface area contributed by atoms with Crippen molar-refractivity contribution in [3.8, 4) is 6.07 Å². The van der Waals surface area contributed by atoms with Gasteiger partial charge in [0.2, 0.25) is 0 Å². The lowest BCUT2D eigenvalue weighted by Gasteiger charge is -2.23. The first kappa shape index (κ1) is 11.8. The Labute approximate surface area is 94.7 Å². The molecule has 1 aromatic rings. The van der Waals surface area contributed by atoms with Gasteiger partial charge in [-0.25, -0.2) is 4.68 Å². The zero-order valence-corrected chi connectivity index (χ0v) is 9.13. The molecule has 5 nitrogen and oxygen atoms in total. The summed E-state index contributed by atoms with van der Waals surface area (Å²) in [5.74, 6) is 0.499. The van der Waals surface area contributed by atoms with Crippen molar-refractivity contribution < 1.29 is 0 Å². The molecule has 6 heteroatoms. The van der Waals surface area contributed by atoms with Crippen molar-refractivity contribution in [1.29, 1.82) is 5.26 Å². The normalized spacial score (nSPS) is 16.7. The summed E-state index contributed by atoms with van der Waals surface area (Å²) in [7, 11) is 0. The number of aromatic nitrogens is 2. The number of nitrogen functional groups attached to an aromatic ring is 1. The van der Waals surface area contributed by atoms with Crippen LogP contribution in [0.2, 0.25) is 0 Å². The zero-order valence-electron chi connectivity index (χ0n) is 8.31. The van der Waals surface area contributed by atoms with Crippen molar-refractivity contribution in [1.82, 2.24) is 15.1 Å². The molecule has 1 saturated heterocycles.